The first-order chi connectivity index (χ1) is 11.8. The van der Waals surface area contributed by atoms with Gasteiger partial charge in [0.2, 0.25) is 0 Å². The van der Waals surface area contributed by atoms with Crippen LogP contribution >= 0.6 is 0 Å². The maximum atomic E-state index is 10.2. The zero-order valence-electron chi connectivity index (χ0n) is 13.6. The second kappa shape index (κ2) is 9.90. The fourth-order valence-electron chi connectivity index (χ4n) is 1.98. The summed E-state index contributed by atoms with van der Waals surface area (Å²) in [5.41, 5.74) is 3.72. The fourth-order valence-corrected chi connectivity index (χ4v) is 1.98. The second-order valence-corrected chi connectivity index (χ2v) is 4.92. The topological polar surface area (TPSA) is 38.3 Å². The highest BCUT2D eigenvalue weighted by molar-refractivity contribution is 5.74. The molecule has 1 N–H and O–H groups in total. The SMILES string of the molecule is CCOCCNc1ccc(C#Cc2ccc(C#CC=O)cc2)cc1. The molecular formula is C21H19NO2. The van der Waals surface area contributed by atoms with Gasteiger partial charge in [0.05, 0.1) is 6.61 Å². The highest BCUT2D eigenvalue weighted by atomic mass is 16.5. The van der Waals surface area contributed by atoms with Crippen LogP contribution in [0.4, 0.5) is 5.69 Å². The number of anilines is 1. The van der Waals surface area contributed by atoms with E-state index >= 15 is 0 Å². The molecule has 2 rings (SSSR count). The number of nitrogens with one attached hydrogen (secondary N) is 1. The van der Waals surface area contributed by atoms with Crippen LogP contribution in [-0.2, 0) is 9.53 Å². The molecule has 0 atom stereocenters. The van der Waals surface area contributed by atoms with Gasteiger partial charge in [-0.2, -0.15) is 0 Å². The molecule has 24 heavy (non-hydrogen) atoms. The molecule has 0 aliphatic carbocycles. The van der Waals surface area contributed by atoms with Gasteiger partial charge in [-0.3, -0.25) is 4.79 Å². The molecule has 0 unspecified atom stereocenters. The molecule has 3 nitrogen and oxygen atoms in total. The lowest BCUT2D eigenvalue weighted by Crippen LogP contribution is -2.08. The number of ether oxygens (including phenoxy) is 1. The van der Waals surface area contributed by atoms with Gasteiger partial charge in [-0.1, -0.05) is 17.8 Å². The largest absolute Gasteiger partial charge is 0.383 e. The molecule has 0 bridgehead atoms. The molecule has 0 aliphatic heterocycles. The lowest BCUT2D eigenvalue weighted by atomic mass is 10.1. The maximum absolute atomic E-state index is 10.2. The zero-order chi connectivity index (χ0) is 17.0. The Hall–Kier alpha value is -3.01. The predicted octanol–water partition coefficient (Wildman–Crippen LogP) is 3.09. The van der Waals surface area contributed by atoms with E-state index in [4.69, 9.17) is 4.74 Å². The third-order valence-corrected chi connectivity index (χ3v) is 3.18. The average Bonchev–Trinajstić information content (AvgIpc) is 2.64. The first kappa shape index (κ1) is 17.3. The maximum Gasteiger partial charge on any atom is 0.193 e. The lowest BCUT2D eigenvalue weighted by Gasteiger charge is -2.06. The van der Waals surface area contributed by atoms with E-state index in [9.17, 15) is 4.79 Å². The molecule has 0 spiro atoms. The van der Waals surface area contributed by atoms with Crippen molar-refractivity contribution in [1.82, 2.24) is 0 Å². The number of aldehydes is 1. The summed E-state index contributed by atoms with van der Waals surface area (Å²) in [5, 5.41) is 3.29. The zero-order valence-corrected chi connectivity index (χ0v) is 13.6. The number of carbonyl (C=O) groups excluding carboxylic acids is 1. The molecule has 0 heterocycles. The molecule has 0 saturated carbocycles. The quantitative estimate of drug-likeness (QED) is 0.523. The molecule has 2 aromatic carbocycles. The van der Waals surface area contributed by atoms with E-state index < -0.39 is 0 Å². The van der Waals surface area contributed by atoms with Crippen molar-refractivity contribution in [1.29, 1.82) is 0 Å². The monoisotopic (exact) mass is 317 g/mol. The van der Waals surface area contributed by atoms with E-state index in [0.717, 1.165) is 35.5 Å². The molecule has 0 aliphatic rings. The van der Waals surface area contributed by atoms with Gasteiger partial charge in [-0.25, -0.2) is 0 Å². The van der Waals surface area contributed by atoms with Crippen molar-refractivity contribution in [3.05, 3.63) is 65.2 Å². The molecule has 0 saturated heterocycles. The average molecular weight is 317 g/mol. The minimum absolute atomic E-state index is 0.586. The van der Waals surface area contributed by atoms with Crippen LogP contribution in [0.5, 0.6) is 0 Å². The predicted molar refractivity (Wildman–Crippen MR) is 96.8 cm³/mol. The van der Waals surface area contributed by atoms with Gasteiger partial charge in [-0.15, -0.1) is 0 Å². The molecule has 0 aromatic heterocycles. The number of benzene rings is 2. The van der Waals surface area contributed by atoms with Crippen molar-refractivity contribution in [2.24, 2.45) is 0 Å². The summed E-state index contributed by atoms with van der Waals surface area (Å²) in [7, 11) is 0. The summed E-state index contributed by atoms with van der Waals surface area (Å²) < 4.78 is 5.29. The summed E-state index contributed by atoms with van der Waals surface area (Å²) in [5.74, 6) is 11.4. The highest BCUT2D eigenvalue weighted by Crippen LogP contribution is 2.09. The van der Waals surface area contributed by atoms with Crippen LogP contribution in [0.15, 0.2) is 48.5 Å². The Morgan fingerprint density at radius 2 is 1.46 bits per heavy atom. The first-order valence-electron chi connectivity index (χ1n) is 7.81. The van der Waals surface area contributed by atoms with Gasteiger partial charge < -0.3 is 10.1 Å². The van der Waals surface area contributed by atoms with Crippen LogP contribution in [0, 0.1) is 23.7 Å². The minimum atomic E-state index is 0.586. The molecule has 3 heteroatoms. The molecule has 2 aromatic rings. The number of hydrogen-bond donors (Lipinski definition) is 1. The fraction of sp³-hybridized carbons (Fsp3) is 0.190. The third kappa shape index (κ3) is 6.01. The summed E-state index contributed by atoms with van der Waals surface area (Å²) in [6.45, 7) is 4.21. The van der Waals surface area contributed by atoms with E-state index in [1.807, 2.05) is 55.5 Å². The molecular weight excluding hydrogens is 298 g/mol. The van der Waals surface area contributed by atoms with Gasteiger partial charge in [0, 0.05) is 35.5 Å². The normalized spacial score (nSPS) is 9.21. The summed E-state index contributed by atoms with van der Waals surface area (Å²) in [4.78, 5) is 10.2. The van der Waals surface area contributed by atoms with Crippen LogP contribution in [0.3, 0.4) is 0 Å². The third-order valence-electron chi connectivity index (χ3n) is 3.18. The Labute approximate surface area is 143 Å². The van der Waals surface area contributed by atoms with Gasteiger partial charge in [0.25, 0.3) is 0 Å². The van der Waals surface area contributed by atoms with Crippen LogP contribution < -0.4 is 5.32 Å². The second-order valence-electron chi connectivity index (χ2n) is 4.92. The van der Waals surface area contributed by atoms with Gasteiger partial charge >= 0.3 is 0 Å². The van der Waals surface area contributed by atoms with Crippen molar-refractivity contribution in [2.45, 2.75) is 6.92 Å². The van der Waals surface area contributed by atoms with E-state index in [-0.39, 0.29) is 0 Å². The summed E-state index contributed by atoms with van der Waals surface area (Å²) in [6.07, 6.45) is 0.586. The smallest absolute Gasteiger partial charge is 0.193 e. The van der Waals surface area contributed by atoms with Gasteiger partial charge in [0.15, 0.2) is 6.29 Å². The van der Waals surface area contributed by atoms with Crippen LogP contribution in [0.2, 0.25) is 0 Å². The van der Waals surface area contributed by atoms with Crippen molar-refractivity contribution in [2.75, 3.05) is 25.1 Å². The Bertz CT molecular complexity index is 769. The van der Waals surface area contributed by atoms with Crippen LogP contribution in [0.1, 0.15) is 23.6 Å². The molecule has 0 radical (unpaired) electrons. The number of hydrogen-bond acceptors (Lipinski definition) is 3. The summed E-state index contributed by atoms with van der Waals surface area (Å²) in [6, 6.07) is 15.5. The standard InChI is InChI=1S/C21H19NO2/c1-2-24-17-15-22-21-13-11-20(12-14-21)10-9-19-7-5-18(6-8-19)4-3-16-23/h5-8,11-14,16,22H,2,15,17H2,1H3. The van der Waals surface area contributed by atoms with Crippen molar-refractivity contribution in [3.8, 4) is 23.7 Å². The van der Waals surface area contributed by atoms with E-state index in [1.54, 1.807) is 0 Å². The van der Waals surface area contributed by atoms with Crippen molar-refractivity contribution < 1.29 is 9.53 Å². The molecule has 0 amide bonds. The Kier molecular flexibility index (Phi) is 7.15. The van der Waals surface area contributed by atoms with Gasteiger partial charge in [-0.05, 0) is 61.4 Å². The number of rotatable bonds is 5. The van der Waals surface area contributed by atoms with Crippen molar-refractivity contribution in [3.63, 3.8) is 0 Å². The lowest BCUT2D eigenvalue weighted by molar-refractivity contribution is -0.103. The Morgan fingerprint density at radius 3 is 2.00 bits per heavy atom. The van der Waals surface area contributed by atoms with Crippen LogP contribution in [0.25, 0.3) is 0 Å². The Morgan fingerprint density at radius 1 is 0.917 bits per heavy atom. The van der Waals surface area contributed by atoms with Gasteiger partial charge in [0.1, 0.15) is 0 Å². The van der Waals surface area contributed by atoms with Crippen molar-refractivity contribution >= 4 is 12.0 Å². The minimum Gasteiger partial charge on any atom is -0.383 e. The number of carbonyl (C=O) groups is 1. The molecule has 0 fully saturated rings. The van der Waals surface area contributed by atoms with Crippen LogP contribution in [-0.4, -0.2) is 26.0 Å². The summed E-state index contributed by atoms with van der Waals surface area (Å²) >= 11 is 0. The Balaban J connectivity index is 1.94. The van der Waals surface area contributed by atoms with E-state index in [2.05, 4.69) is 29.0 Å². The highest BCUT2D eigenvalue weighted by Gasteiger charge is 1.93. The molecule has 120 valence electrons. The van der Waals surface area contributed by atoms with E-state index in [1.165, 1.54) is 0 Å². The first-order valence-corrected chi connectivity index (χ1v) is 7.81. The van der Waals surface area contributed by atoms with E-state index in [0.29, 0.717) is 12.9 Å².